The van der Waals surface area contributed by atoms with Gasteiger partial charge in [-0.05, 0) is 82.5 Å². The van der Waals surface area contributed by atoms with Crippen LogP contribution in [-0.4, -0.2) is 54.0 Å². The number of ether oxygens (including phenoxy) is 1. The van der Waals surface area contributed by atoms with E-state index in [9.17, 15) is 22.8 Å². The van der Waals surface area contributed by atoms with Crippen molar-refractivity contribution in [1.29, 1.82) is 0 Å². The molecule has 0 bridgehead atoms. The Morgan fingerprint density at radius 2 is 1.72 bits per heavy atom. The van der Waals surface area contributed by atoms with Crippen LogP contribution in [0.2, 0.25) is 0 Å². The summed E-state index contributed by atoms with van der Waals surface area (Å²) in [4.78, 5) is 28.1. The maximum Gasteiger partial charge on any atom is 0.419 e. The summed E-state index contributed by atoms with van der Waals surface area (Å²) in [5, 5.41) is 3.31. The molecule has 1 aliphatic rings. The number of rotatable bonds is 7. The molecule has 1 aliphatic heterocycles. The summed E-state index contributed by atoms with van der Waals surface area (Å²) in [7, 11) is 1.65. The first kappa shape index (κ1) is 28.4. The number of hydrogen-bond donors (Lipinski definition) is 1. The Kier molecular flexibility index (Phi) is 8.17. The van der Waals surface area contributed by atoms with Crippen LogP contribution in [-0.2, 0) is 11.3 Å². The van der Waals surface area contributed by atoms with E-state index < -0.39 is 29.5 Å². The van der Waals surface area contributed by atoms with Gasteiger partial charge in [0.2, 0.25) is 0 Å². The van der Waals surface area contributed by atoms with Crippen molar-refractivity contribution >= 4 is 34.3 Å². The fraction of sp³-hybridized carbons (Fsp3) is 0.500. The van der Waals surface area contributed by atoms with Crippen molar-refractivity contribution in [2.24, 2.45) is 5.92 Å². The van der Waals surface area contributed by atoms with Gasteiger partial charge in [0.1, 0.15) is 5.60 Å². The van der Waals surface area contributed by atoms with Gasteiger partial charge < -0.3 is 24.3 Å². The van der Waals surface area contributed by atoms with Crippen molar-refractivity contribution in [1.82, 2.24) is 9.47 Å². The number of nitrogens with zero attached hydrogens (tertiary/aromatic N) is 3. The number of halogens is 3. The summed E-state index contributed by atoms with van der Waals surface area (Å²) in [6.07, 6.45) is -3.81. The van der Waals surface area contributed by atoms with Crippen LogP contribution in [0.1, 0.15) is 40.0 Å². The third-order valence-corrected chi connectivity index (χ3v) is 6.73. The molecule has 4 rings (SSSR count). The summed E-state index contributed by atoms with van der Waals surface area (Å²) in [5.74, 6) is -1.70. The van der Waals surface area contributed by atoms with Gasteiger partial charge in [-0.1, -0.05) is 0 Å². The number of nitrogens with one attached hydrogen (secondary N) is 1. The van der Waals surface area contributed by atoms with Crippen LogP contribution in [0.25, 0.3) is 11.1 Å². The lowest BCUT2D eigenvalue weighted by molar-refractivity contribution is -0.179. The predicted molar refractivity (Wildman–Crippen MR) is 145 cm³/mol. The molecular weight excluding hydrogens is 513 g/mol. The Morgan fingerprint density at radius 1 is 1.08 bits per heavy atom. The lowest BCUT2D eigenvalue weighted by Crippen LogP contribution is -2.38. The highest BCUT2D eigenvalue weighted by molar-refractivity contribution is 5.79. The molecule has 3 aromatic rings. The molecule has 1 amide bonds. The second-order valence-corrected chi connectivity index (χ2v) is 10.9. The van der Waals surface area contributed by atoms with Crippen molar-refractivity contribution in [3.05, 3.63) is 53.0 Å². The third-order valence-electron chi connectivity index (χ3n) is 6.73. The number of amides is 1. The third kappa shape index (κ3) is 7.27. The zero-order valence-corrected chi connectivity index (χ0v) is 22.7. The molecule has 1 N–H and O–H groups in total. The molecule has 0 radical (unpaired) electrons. The second kappa shape index (κ2) is 11.2. The van der Waals surface area contributed by atoms with Crippen LogP contribution in [0, 0.1) is 5.92 Å². The molecular formula is C28H35F3N4O4. The molecule has 1 aromatic heterocycles. The molecule has 0 unspecified atom stereocenters. The number of aromatic nitrogens is 1. The second-order valence-electron chi connectivity index (χ2n) is 10.9. The summed E-state index contributed by atoms with van der Waals surface area (Å²) in [5.41, 5.74) is 2.95. The van der Waals surface area contributed by atoms with Crippen molar-refractivity contribution in [2.45, 2.75) is 58.4 Å². The summed E-state index contributed by atoms with van der Waals surface area (Å²) >= 11 is 0. The van der Waals surface area contributed by atoms with Gasteiger partial charge in [-0.3, -0.25) is 4.57 Å². The predicted octanol–water partition coefficient (Wildman–Crippen LogP) is 6.37. The van der Waals surface area contributed by atoms with E-state index in [0.29, 0.717) is 43.7 Å². The Bertz CT molecular complexity index is 1330. The SMILES string of the molecule is CN(CCCn1c(=O)oc2ccc(Nc3ccc(N4CCC(C(F)(F)F)CC4)cc3)cc21)C(=O)OC(C)(C)C. The molecule has 0 atom stereocenters. The van der Waals surface area contributed by atoms with Crippen LogP contribution in [0.3, 0.4) is 0 Å². The smallest absolute Gasteiger partial charge is 0.419 e. The van der Waals surface area contributed by atoms with E-state index in [0.717, 1.165) is 17.1 Å². The zero-order chi connectivity index (χ0) is 28.4. The van der Waals surface area contributed by atoms with Gasteiger partial charge in [-0.25, -0.2) is 9.59 Å². The average molecular weight is 549 g/mol. The molecule has 212 valence electrons. The zero-order valence-electron chi connectivity index (χ0n) is 22.7. The lowest BCUT2D eigenvalue weighted by Gasteiger charge is -2.34. The molecule has 0 spiro atoms. The molecule has 1 saturated heterocycles. The Hall–Kier alpha value is -3.63. The van der Waals surface area contributed by atoms with E-state index in [1.807, 2.05) is 41.3 Å². The summed E-state index contributed by atoms with van der Waals surface area (Å²) < 4.78 is 51.1. The van der Waals surface area contributed by atoms with Crippen LogP contribution in [0.4, 0.5) is 35.0 Å². The first-order chi connectivity index (χ1) is 18.3. The standard InChI is InChI=1S/C28H35F3N4O4/c1-27(2,3)39-25(36)33(4)14-5-15-35-23-18-21(8-11-24(23)38-26(35)37)32-20-6-9-22(10-7-20)34-16-12-19(13-17-34)28(29,30)31/h6-11,18-19,32H,5,12-17H2,1-4H3. The van der Waals surface area contributed by atoms with Gasteiger partial charge in [0.25, 0.3) is 0 Å². The van der Waals surface area contributed by atoms with Gasteiger partial charge in [0.05, 0.1) is 11.4 Å². The molecule has 1 fully saturated rings. The van der Waals surface area contributed by atoms with Gasteiger partial charge >= 0.3 is 18.0 Å². The van der Waals surface area contributed by atoms with E-state index >= 15 is 0 Å². The van der Waals surface area contributed by atoms with Crippen molar-refractivity contribution < 1.29 is 27.1 Å². The minimum atomic E-state index is -4.13. The number of carbonyl (C=O) groups excluding carboxylic acids is 1. The van der Waals surface area contributed by atoms with Gasteiger partial charge in [0, 0.05) is 50.3 Å². The summed E-state index contributed by atoms with van der Waals surface area (Å²) in [6.45, 7) is 6.94. The maximum absolute atomic E-state index is 13.0. The minimum Gasteiger partial charge on any atom is -0.444 e. The number of alkyl halides is 3. The van der Waals surface area contributed by atoms with Gasteiger partial charge in [-0.15, -0.1) is 0 Å². The lowest BCUT2D eigenvalue weighted by atomic mass is 9.96. The number of benzene rings is 2. The van der Waals surface area contributed by atoms with Gasteiger partial charge in [-0.2, -0.15) is 13.2 Å². The van der Waals surface area contributed by atoms with E-state index in [4.69, 9.17) is 9.15 Å². The molecule has 0 aliphatic carbocycles. The highest BCUT2D eigenvalue weighted by atomic mass is 19.4. The molecule has 2 heterocycles. The Labute approximate surface area is 225 Å². The number of piperidine rings is 1. The number of hydrogen-bond acceptors (Lipinski definition) is 6. The Balaban J connectivity index is 1.37. The largest absolute Gasteiger partial charge is 0.444 e. The quantitative estimate of drug-likeness (QED) is 0.369. The minimum absolute atomic E-state index is 0.104. The normalized spacial score (nSPS) is 15.0. The fourth-order valence-corrected chi connectivity index (χ4v) is 4.64. The average Bonchev–Trinajstić information content (AvgIpc) is 3.17. The van der Waals surface area contributed by atoms with Crippen LogP contribution in [0.5, 0.6) is 0 Å². The number of oxazole rings is 1. The van der Waals surface area contributed by atoms with Gasteiger partial charge in [0.15, 0.2) is 5.58 Å². The highest BCUT2D eigenvalue weighted by Crippen LogP contribution is 2.35. The fourth-order valence-electron chi connectivity index (χ4n) is 4.64. The molecule has 2 aromatic carbocycles. The highest BCUT2D eigenvalue weighted by Gasteiger charge is 2.41. The topological polar surface area (TPSA) is 80.0 Å². The van der Waals surface area contributed by atoms with E-state index in [1.54, 1.807) is 33.9 Å². The number of carbonyl (C=O) groups is 1. The number of fused-ring (bicyclic) bond motifs is 1. The monoisotopic (exact) mass is 548 g/mol. The molecule has 8 nitrogen and oxygen atoms in total. The molecule has 11 heteroatoms. The van der Waals surface area contributed by atoms with E-state index in [2.05, 4.69) is 5.32 Å². The molecule has 0 saturated carbocycles. The Morgan fingerprint density at radius 3 is 2.33 bits per heavy atom. The van der Waals surface area contributed by atoms with Crippen LogP contribution in [0.15, 0.2) is 51.7 Å². The number of aryl methyl sites for hydroxylation is 1. The first-order valence-electron chi connectivity index (χ1n) is 13.1. The van der Waals surface area contributed by atoms with Crippen molar-refractivity contribution in [2.75, 3.05) is 36.9 Å². The van der Waals surface area contributed by atoms with E-state index in [1.165, 1.54) is 9.47 Å². The van der Waals surface area contributed by atoms with Crippen molar-refractivity contribution in [3.8, 4) is 0 Å². The van der Waals surface area contributed by atoms with E-state index in [-0.39, 0.29) is 12.8 Å². The van der Waals surface area contributed by atoms with Crippen LogP contribution < -0.4 is 16.0 Å². The van der Waals surface area contributed by atoms with Crippen molar-refractivity contribution in [3.63, 3.8) is 0 Å². The first-order valence-corrected chi connectivity index (χ1v) is 13.1. The molecule has 39 heavy (non-hydrogen) atoms. The summed E-state index contributed by atoms with van der Waals surface area (Å²) in [6, 6.07) is 12.9. The number of anilines is 3. The van der Waals surface area contributed by atoms with Crippen LogP contribution >= 0.6 is 0 Å². The maximum atomic E-state index is 13.0.